The molecule has 0 saturated heterocycles. The van der Waals surface area contributed by atoms with E-state index in [1.165, 1.54) is 0 Å². The van der Waals surface area contributed by atoms with Crippen LogP contribution in [0.1, 0.15) is 27.9 Å². The van der Waals surface area contributed by atoms with E-state index in [1.54, 1.807) is 24.3 Å². The van der Waals surface area contributed by atoms with Crippen molar-refractivity contribution < 1.29 is 8.42 Å². The fraction of sp³-hybridized carbons (Fsp3) is 0.312. The SMILES string of the molecule is Cc1ccc(S(=O)(=O)Nc2nc(C)c(C)c(C)c2C)cc1. The van der Waals surface area contributed by atoms with Crippen LogP contribution in [0.15, 0.2) is 29.2 Å². The zero-order valence-corrected chi connectivity index (χ0v) is 13.8. The van der Waals surface area contributed by atoms with Crippen molar-refractivity contribution in [2.45, 2.75) is 39.5 Å². The molecule has 0 radical (unpaired) electrons. The Labute approximate surface area is 126 Å². The van der Waals surface area contributed by atoms with Crippen LogP contribution in [0, 0.1) is 34.6 Å². The van der Waals surface area contributed by atoms with Crippen LogP contribution in [-0.4, -0.2) is 13.4 Å². The van der Waals surface area contributed by atoms with E-state index in [-0.39, 0.29) is 4.90 Å². The number of nitrogens with zero attached hydrogens (tertiary/aromatic N) is 1. The number of hydrogen-bond donors (Lipinski definition) is 1. The first-order valence-corrected chi connectivity index (χ1v) is 8.24. The summed E-state index contributed by atoms with van der Waals surface area (Å²) >= 11 is 0. The van der Waals surface area contributed by atoms with Crippen LogP contribution >= 0.6 is 0 Å². The lowest BCUT2D eigenvalue weighted by Crippen LogP contribution is -2.16. The van der Waals surface area contributed by atoms with E-state index in [0.29, 0.717) is 5.82 Å². The highest BCUT2D eigenvalue weighted by atomic mass is 32.2. The Hall–Kier alpha value is -1.88. The normalized spacial score (nSPS) is 11.5. The quantitative estimate of drug-likeness (QED) is 0.945. The number of rotatable bonds is 3. The molecule has 0 spiro atoms. The molecular weight excluding hydrogens is 284 g/mol. The summed E-state index contributed by atoms with van der Waals surface area (Å²) in [7, 11) is -3.61. The maximum Gasteiger partial charge on any atom is 0.263 e. The summed E-state index contributed by atoms with van der Waals surface area (Å²) in [6, 6.07) is 6.75. The van der Waals surface area contributed by atoms with Crippen molar-refractivity contribution in [3.63, 3.8) is 0 Å². The molecule has 1 aromatic carbocycles. The Morgan fingerprint density at radius 3 is 2.00 bits per heavy atom. The lowest BCUT2D eigenvalue weighted by atomic mass is 10.0. The molecule has 0 fully saturated rings. The predicted octanol–water partition coefficient (Wildman–Crippen LogP) is 3.42. The zero-order chi connectivity index (χ0) is 15.8. The maximum absolute atomic E-state index is 12.4. The van der Waals surface area contributed by atoms with Gasteiger partial charge in [0, 0.05) is 5.69 Å². The minimum atomic E-state index is -3.61. The zero-order valence-electron chi connectivity index (χ0n) is 13.0. The van der Waals surface area contributed by atoms with Gasteiger partial charge in [0.2, 0.25) is 0 Å². The average molecular weight is 304 g/mol. The van der Waals surface area contributed by atoms with Gasteiger partial charge in [0.05, 0.1) is 4.90 Å². The summed E-state index contributed by atoms with van der Waals surface area (Å²) in [4.78, 5) is 4.61. The van der Waals surface area contributed by atoms with Gasteiger partial charge in [-0.1, -0.05) is 17.7 Å². The molecule has 2 rings (SSSR count). The van der Waals surface area contributed by atoms with Crippen LogP contribution in [-0.2, 0) is 10.0 Å². The largest absolute Gasteiger partial charge is 0.263 e. The number of nitrogens with one attached hydrogen (secondary N) is 1. The molecule has 0 unspecified atom stereocenters. The van der Waals surface area contributed by atoms with Crippen molar-refractivity contribution in [3.05, 3.63) is 52.2 Å². The molecule has 0 aliphatic carbocycles. The predicted molar refractivity (Wildman–Crippen MR) is 85.2 cm³/mol. The number of aromatic nitrogens is 1. The summed E-state index contributed by atoms with van der Waals surface area (Å²) in [6.45, 7) is 9.64. The number of pyridine rings is 1. The van der Waals surface area contributed by atoms with Crippen molar-refractivity contribution in [3.8, 4) is 0 Å². The molecule has 5 heteroatoms. The highest BCUT2D eigenvalue weighted by Gasteiger charge is 2.17. The summed E-state index contributed by atoms with van der Waals surface area (Å²) in [5.74, 6) is 0.399. The van der Waals surface area contributed by atoms with Crippen LogP contribution in [0.2, 0.25) is 0 Å². The van der Waals surface area contributed by atoms with E-state index in [9.17, 15) is 8.42 Å². The monoisotopic (exact) mass is 304 g/mol. The summed E-state index contributed by atoms with van der Waals surface area (Å²) < 4.78 is 27.4. The van der Waals surface area contributed by atoms with Crippen LogP contribution in [0.4, 0.5) is 5.82 Å². The molecule has 21 heavy (non-hydrogen) atoms. The summed E-state index contributed by atoms with van der Waals surface area (Å²) in [5, 5.41) is 0. The second-order valence-corrected chi connectivity index (χ2v) is 7.02. The van der Waals surface area contributed by atoms with Gasteiger partial charge in [-0.05, 0) is 63.4 Å². The van der Waals surface area contributed by atoms with Crippen molar-refractivity contribution in [1.29, 1.82) is 0 Å². The van der Waals surface area contributed by atoms with Gasteiger partial charge in [-0.3, -0.25) is 4.72 Å². The van der Waals surface area contributed by atoms with Gasteiger partial charge >= 0.3 is 0 Å². The molecule has 1 N–H and O–H groups in total. The molecule has 112 valence electrons. The fourth-order valence-electron chi connectivity index (χ4n) is 2.07. The number of benzene rings is 1. The molecule has 1 heterocycles. The molecule has 0 saturated carbocycles. The number of sulfonamides is 1. The Balaban J connectivity index is 2.44. The topological polar surface area (TPSA) is 59.1 Å². The molecule has 1 aromatic heterocycles. The van der Waals surface area contributed by atoms with Crippen LogP contribution in [0.25, 0.3) is 0 Å². The molecule has 0 amide bonds. The van der Waals surface area contributed by atoms with Gasteiger partial charge in [0.25, 0.3) is 10.0 Å². The Morgan fingerprint density at radius 1 is 0.857 bits per heavy atom. The van der Waals surface area contributed by atoms with Gasteiger partial charge in [0.15, 0.2) is 0 Å². The number of hydrogen-bond acceptors (Lipinski definition) is 3. The first kappa shape index (κ1) is 15.5. The smallest absolute Gasteiger partial charge is 0.263 e. The first-order valence-electron chi connectivity index (χ1n) is 6.76. The van der Waals surface area contributed by atoms with Crippen molar-refractivity contribution >= 4 is 15.8 Å². The van der Waals surface area contributed by atoms with Gasteiger partial charge in [-0.25, -0.2) is 13.4 Å². The van der Waals surface area contributed by atoms with Crippen LogP contribution in [0.3, 0.4) is 0 Å². The maximum atomic E-state index is 12.4. The van der Waals surface area contributed by atoms with E-state index in [1.807, 2.05) is 34.6 Å². The molecular formula is C16H20N2O2S. The van der Waals surface area contributed by atoms with E-state index >= 15 is 0 Å². The first-order chi connectivity index (χ1) is 9.72. The van der Waals surface area contributed by atoms with Crippen molar-refractivity contribution in [1.82, 2.24) is 4.98 Å². The Morgan fingerprint density at radius 2 is 1.43 bits per heavy atom. The molecule has 0 bridgehead atoms. The Bertz CT molecular complexity index is 779. The highest BCUT2D eigenvalue weighted by Crippen LogP contribution is 2.24. The second kappa shape index (κ2) is 5.48. The van der Waals surface area contributed by atoms with Crippen molar-refractivity contribution in [2.75, 3.05) is 4.72 Å². The van der Waals surface area contributed by atoms with E-state index < -0.39 is 10.0 Å². The van der Waals surface area contributed by atoms with Crippen LogP contribution in [0.5, 0.6) is 0 Å². The third kappa shape index (κ3) is 3.08. The molecule has 0 aliphatic heterocycles. The molecule has 0 aliphatic rings. The Kier molecular flexibility index (Phi) is 4.05. The standard InChI is InChI=1S/C16H20N2O2S/c1-10-6-8-15(9-7-10)21(19,20)18-16-13(4)11(2)12(3)14(5)17-16/h6-9H,1-5H3,(H,17,18). The lowest BCUT2D eigenvalue weighted by Gasteiger charge is -2.15. The lowest BCUT2D eigenvalue weighted by molar-refractivity contribution is 0.601. The van der Waals surface area contributed by atoms with E-state index in [2.05, 4.69) is 9.71 Å². The van der Waals surface area contributed by atoms with Gasteiger partial charge in [0.1, 0.15) is 5.82 Å². The van der Waals surface area contributed by atoms with Gasteiger partial charge < -0.3 is 0 Å². The molecule has 0 atom stereocenters. The highest BCUT2D eigenvalue weighted by molar-refractivity contribution is 7.92. The average Bonchev–Trinajstić information content (AvgIpc) is 2.42. The van der Waals surface area contributed by atoms with Crippen molar-refractivity contribution in [2.24, 2.45) is 0 Å². The second-order valence-electron chi connectivity index (χ2n) is 5.34. The number of aryl methyl sites for hydroxylation is 2. The third-order valence-electron chi connectivity index (χ3n) is 3.86. The minimum Gasteiger partial charge on any atom is -0.263 e. The van der Waals surface area contributed by atoms with Gasteiger partial charge in [-0.2, -0.15) is 0 Å². The summed E-state index contributed by atoms with van der Waals surface area (Å²) in [6.07, 6.45) is 0. The van der Waals surface area contributed by atoms with E-state index in [0.717, 1.165) is 27.9 Å². The minimum absolute atomic E-state index is 0.241. The van der Waals surface area contributed by atoms with Crippen LogP contribution < -0.4 is 4.72 Å². The van der Waals surface area contributed by atoms with Gasteiger partial charge in [-0.15, -0.1) is 0 Å². The molecule has 2 aromatic rings. The van der Waals surface area contributed by atoms with E-state index in [4.69, 9.17) is 0 Å². The summed E-state index contributed by atoms with van der Waals surface area (Å²) in [5.41, 5.74) is 4.86. The third-order valence-corrected chi connectivity index (χ3v) is 5.22. The molecule has 4 nitrogen and oxygen atoms in total. The fourth-order valence-corrected chi connectivity index (χ4v) is 3.13. The number of anilines is 1.